The Labute approximate surface area is 106 Å². The number of hydrogen-bond acceptors (Lipinski definition) is 2. The van der Waals surface area contributed by atoms with E-state index in [9.17, 15) is 4.39 Å². The van der Waals surface area contributed by atoms with Gasteiger partial charge in [0.25, 0.3) is 0 Å². The summed E-state index contributed by atoms with van der Waals surface area (Å²) >= 11 is 5.84. The van der Waals surface area contributed by atoms with Crippen molar-refractivity contribution in [3.8, 4) is 0 Å². The molecule has 4 heteroatoms. The van der Waals surface area contributed by atoms with Gasteiger partial charge in [-0.3, -0.25) is 0 Å². The third-order valence-corrected chi connectivity index (χ3v) is 3.61. The molecule has 2 unspecified atom stereocenters. The third-order valence-electron chi connectivity index (χ3n) is 3.38. The Morgan fingerprint density at radius 2 is 2.24 bits per heavy atom. The smallest absolute Gasteiger partial charge is 0.126 e. The van der Waals surface area contributed by atoms with E-state index in [0.717, 1.165) is 19.4 Å². The molecule has 17 heavy (non-hydrogen) atoms. The lowest BCUT2D eigenvalue weighted by molar-refractivity contribution is 0.476. The van der Waals surface area contributed by atoms with Gasteiger partial charge in [0, 0.05) is 17.1 Å². The molecule has 0 bridgehead atoms. The fraction of sp³-hybridized carbons (Fsp3) is 0.538. The van der Waals surface area contributed by atoms with Crippen LogP contribution in [0.15, 0.2) is 18.2 Å². The van der Waals surface area contributed by atoms with Crippen molar-refractivity contribution in [1.29, 1.82) is 0 Å². The van der Waals surface area contributed by atoms with E-state index in [0.29, 0.717) is 23.0 Å². The molecule has 1 aromatic rings. The second-order valence-corrected chi connectivity index (χ2v) is 5.08. The van der Waals surface area contributed by atoms with Crippen molar-refractivity contribution in [3.63, 3.8) is 0 Å². The Morgan fingerprint density at radius 3 is 2.94 bits per heavy atom. The van der Waals surface area contributed by atoms with Crippen molar-refractivity contribution >= 4 is 11.6 Å². The maximum Gasteiger partial charge on any atom is 0.126 e. The summed E-state index contributed by atoms with van der Waals surface area (Å²) in [6.07, 6.45) is 4.04. The molecule has 2 rings (SSSR count). The Morgan fingerprint density at radius 1 is 1.41 bits per heavy atom. The SMILES string of the molecule is NC1CCCC1NCCc1cc(Cl)ccc1F. The molecule has 2 atom stereocenters. The van der Waals surface area contributed by atoms with Gasteiger partial charge in [0.05, 0.1) is 0 Å². The summed E-state index contributed by atoms with van der Waals surface area (Å²) in [4.78, 5) is 0. The normalized spacial score (nSPS) is 24.2. The monoisotopic (exact) mass is 256 g/mol. The van der Waals surface area contributed by atoms with Gasteiger partial charge in [-0.15, -0.1) is 0 Å². The second-order valence-electron chi connectivity index (χ2n) is 4.64. The Kier molecular flexibility index (Phi) is 4.37. The molecular weight excluding hydrogens is 239 g/mol. The van der Waals surface area contributed by atoms with E-state index in [1.807, 2.05) is 0 Å². The van der Waals surface area contributed by atoms with Crippen molar-refractivity contribution in [3.05, 3.63) is 34.6 Å². The van der Waals surface area contributed by atoms with Crippen LogP contribution >= 0.6 is 11.6 Å². The predicted octanol–water partition coefficient (Wildman–Crippen LogP) is 2.49. The number of halogens is 2. The van der Waals surface area contributed by atoms with Crippen LogP contribution in [-0.4, -0.2) is 18.6 Å². The third kappa shape index (κ3) is 3.41. The number of benzene rings is 1. The van der Waals surface area contributed by atoms with Gasteiger partial charge in [0.2, 0.25) is 0 Å². The molecule has 0 heterocycles. The van der Waals surface area contributed by atoms with Gasteiger partial charge in [-0.1, -0.05) is 18.0 Å². The van der Waals surface area contributed by atoms with E-state index >= 15 is 0 Å². The van der Waals surface area contributed by atoms with Crippen molar-refractivity contribution in [2.45, 2.75) is 37.8 Å². The van der Waals surface area contributed by atoms with Gasteiger partial charge in [-0.05, 0) is 49.6 Å². The Hall–Kier alpha value is -0.640. The lowest BCUT2D eigenvalue weighted by Crippen LogP contribution is -2.41. The first-order valence-electron chi connectivity index (χ1n) is 6.09. The molecule has 3 N–H and O–H groups in total. The van der Waals surface area contributed by atoms with Gasteiger partial charge in [0.15, 0.2) is 0 Å². The molecule has 0 radical (unpaired) electrons. The topological polar surface area (TPSA) is 38.0 Å². The lowest BCUT2D eigenvalue weighted by atomic mass is 10.1. The maximum absolute atomic E-state index is 13.4. The largest absolute Gasteiger partial charge is 0.326 e. The van der Waals surface area contributed by atoms with E-state index in [-0.39, 0.29) is 11.9 Å². The summed E-state index contributed by atoms with van der Waals surface area (Å²) < 4.78 is 13.4. The fourth-order valence-electron chi connectivity index (χ4n) is 2.37. The van der Waals surface area contributed by atoms with Crippen LogP contribution in [0.3, 0.4) is 0 Å². The summed E-state index contributed by atoms with van der Waals surface area (Å²) in [5.41, 5.74) is 6.62. The quantitative estimate of drug-likeness (QED) is 0.869. The first-order valence-corrected chi connectivity index (χ1v) is 6.47. The molecule has 0 amide bonds. The van der Waals surface area contributed by atoms with Gasteiger partial charge in [0.1, 0.15) is 5.82 Å². The van der Waals surface area contributed by atoms with Crippen LogP contribution in [0, 0.1) is 5.82 Å². The zero-order chi connectivity index (χ0) is 12.3. The molecular formula is C13H18ClFN2. The molecule has 1 saturated carbocycles. The summed E-state index contributed by atoms with van der Waals surface area (Å²) in [5.74, 6) is -0.188. The fourth-order valence-corrected chi connectivity index (χ4v) is 2.56. The summed E-state index contributed by atoms with van der Waals surface area (Å²) in [7, 11) is 0. The van der Waals surface area contributed by atoms with Crippen LogP contribution in [-0.2, 0) is 6.42 Å². The van der Waals surface area contributed by atoms with E-state index in [1.54, 1.807) is 12.1 Å². The highest BCUT2D eigenvalue weighted by atomic mass is 35.5. The second kappa shape index (κ2) is 5.80. The minimum Gasteiger partial charge on any atom is -0.326 e. The maximum atomic E-state index is 13.4. The van der Waals surface area contributed by atoms with Crippen LogP contribution in [0.25, 0.3) is 0 Å². The highest BCUT2D eigenvalue weighted by Crippen LogP contribution is 2.18. The van der Waals surface area contributed by atoms with Gasteiger partial charge in [-0.25, -0.2) is 4.39 Å². The van der Waals surface area contributed by atoms with Crippen molar-refractivity contribution in [2.24, 2.45) is 5.73 Å². The molecule has 0 aliphatic heterocycles. The number of nitrogens with one attached hydrogen (secondary N) is 1. The first-order chi connectivity index (χ1) is 8.16. The van der Waals surface area contributed by atoms with Crippen molar-refractivity contribution in [1.82, 2.24) is 5.32 Å². The van der Waals surface area contributed by atoms with Crippen LogP contribution in [0.2, 0.25) is 5.02 Å². The van der Waals surface area contributed by atoms with E-state index < -0.39 is 0 Å². The average Bonchev–Trinajstić information content (AvgIpc) is 2.70. The minimum atomic E-state index is -0.188. The minimum absolute atomic E-state index is 0.188. The van der Waals surface area contributed by atoms with E-state index in [1.165, 1.54) is 12.5 Å². The molecule has 94 valence electrons. The zero-order valence-corrected chi connectivity index (χ0v) is 10.5. The summed E-state index contributed by atoms with van der Waals surface area (Å²) in [6.45, 7) is 0.746. The molecule has 2 nitrogen and oxygen atoms in total. The van der Waals surface area contributed by atoms with Crippen LogP contribution in [0.5, 0.6) is 0 Å². The number of nitrogens with two attached hydrogens (primary N) is 1. The van der Waals surface area contributed by atoms with Crippen LogP contribution in [0.4, 0.5) is 4.39 Å². The molecule has 1 aliphatic carbocycles. The first kappa shape index (κ1) is 12.8. The number of rotatable bonds is 4. The van der Waals surface area contributed by atoms with Crippen LogP contribution in [0.1, 0.15) is 24.8 Å². The molecule has 0 saturated heterocycles. The van der Waals surface area contributed by atoms with Gasteiger partial charge < -0.3 is 11.1 Å². The highest BCUT2D eigenvalue weighted by Gasteiger charge is 2.22. The standard InChI is InChI=1S/C13H18ClFN2/c14-10-4-5-11(15)9(8-10)6-7-17-13-3-1-2-12(13)16/h4-5,8,12-13,17H,1-3,6-7,16H2. The summed E-state index contributed by atoms with van der Waals surface area (Å²) in [6, 6.07) is 5.31. The summed E-state index contributed by atoms with van der Waals surface area (Å²) in [5, 5.41) is 3.97. The molecule has 0 aromatic heterocycles. The zero-order valence-electron chi connectivity index (χ0n) is 9.76. The molecule has 0 spiro atoms. The Bertz CT molecular complexity index is 384. The average molecular weight is 257 g/mol. The molecule has 1 aromatic carbocycles. The van der Waals surface area contributed by atoms with Gasteiger partial charge >= 0.3 is 0 Å². The predicted molar refractivity (Wildman–Crippen MR) is 68.7 cm³/mol. The highest BCUT2D eigenvalue weighted by molar-refractivity contribution is 6.30. The molecule has 1 fully saturated rings. The Balaban J connectivity index is 1.83. The van der Waals surface area contributed by atoms with E-state index in [2.05, 4.69) is 5.32 Å². The van der Waals surface area contributed by atoms with Crippen molar-refractivity contribution < 1.29 is 4.39 Å². The number of hydrogen-bond donors (Lipinski definition) is 2. The molecule has 1 aliphatic rings. The van der Waals surface area contributed by atoms with E-state index in [4.69, 9.17) is 17.3 Å². The van der Waals surface area contributed by atoms with Crippen molar-refractivity contribution in [2.75, 3.05) is 6.54 Å². The lowest BCUT2D eigenvalue weighted by Gasteiger charge is -2.17. The van der Waals surface area contributed by atoms with Crippen LogP contribution < -0.4 is 11.1 Å². The van der Waals surface area contributed by atoms with Gasteiger partial charge in [-0.2, -0.15) is 0 Å².